The Bertz CT molecular complexity index is 812. The number of anilines is 2. The third-order valence-electron chi connectivity index (χ3n) is 2.51. The second kappa shape index (κ2) is 5.45. The molecule has 2 rings (SSSR count). The van der Waals surface area contributed by atoms with E-state index < -0.39 is 38.1 Å². The number of nitrogens with one attached hydrogen (secondary N) is 1. The largest absolute Gasteiger partial charge is 0.396 e. The molecule has 0 spiro atoms. The molecule has 2 aromatic carbocycles. The number of hydrogen-bond donors (Lipinski definition) is 2. The maximum Gasteiger partial charge on any atom is 0.264 e. The molecule has 2 aromatic rings. The lowest BCUT2D eigenvalue weighted by Crippen LogP contribution is -2.15. The van der Waals surface area contributed by atoms with Crippen LogP contribution in [0.5, 0.6) is 0 Å². The second-order valence-corrected chi connectivity index (χ2v) is 6.10. The summed E-state index contributed by atoms with van der Waals surface area (Å²) in [6, 6.07) is 4.07. The third-order valence-corrected chi connectivity index (χ3v) is 4.20. The van der Waals surface area contributed by atoms with Gasteiger partial charge in [-0.25, -0.2) is 21.6 Å². The van der Waals surface area contributed by atoms with Crippen molar-refractivity contribution in [1.29, 1.82) is 0 Å². The molecule has 9 heteroatoms. The molecule has 0 aliphatic carbocycles. The van der Waals surface area contributed by atoms with Gasteiger partial charge >= 0.3 is 0 Å². The van der Waals surface area contributed by atoms with Crippen molar-refractivity contribution in [3.8, 4) is 0 Å². The zero-order chi connectivity index (χ0) is 15.8. The minimum Gasteiger partial charge on any atom is -0.396 e. The van der Waals surface area contributed by atoms with Gasteiger partial charge in [-0.15, -0.1) is 0 Å². The summed E-state index contributed by atoms with van der Waals surface area (Å²) in [5, 5.41) is -0.311. The van der Waals surface area contributed by atoms with E-state index in [4.69, 9.17) is 17.3 Å². The van der Waals surface area contributed by atoms with Gasteiger partial charge in [0.05, 0.1) is 16.4 Å². The molecule has 0 aliphatic heterocycles. The molecule has 0 bridgehead atoms. The Kier molecular flexibility index (Phi) is 4.02. The highest BCUT2D eigenvalue weighted by Crippen LogP contribution is 2.25. The molecular weight excluding hydrogens is 329 g/mol. The first kappa shape index (κ1) is 15.5. The summed E-state index contributed by atoms with van der Waals surface area (Å²) < 4.78 is 65.6. The molecule has 0 aromatic heterocycles. The van der Waals surface area contributed by atoms with E-state index in [1.807, 2.05) is 4.72 Å². The second-order valence-electron chi connectivity index (χ2n) is 4.04. The van der Waals surface area contributed by atoms with Gasteiger partial charge in [0, 0.05) is 6.07 Å². The Balaban J connectivity index is 2.43. The predicted octanol–water partition coefficient (Wildman–Crippen LogP) is 3.14. The number of nitrogens with two attached hydrogens (primary N) is 1. The fourth-order valence-corrected chi connectivity index (χ4v) is 2.85. The molecule has 0 aliphatic rings. The molecular formula is C12H8ClF3N2O2S. The van der Waals surface area contributed by atoms with Gasteiger partial charge in [-0.1, -0.05) is 11.6 Å². The zero-order valence-corrected chi connectivity index (χ0v) is 11.8. The van der Waals surface area contributed by atoms with Crippen molar-refractivity contribution in [2.75, 3.05) is 10.5 Å². The number of benzene rings is 2. The first-order valence-electron chi connectivity index (χ1n) is 5.43. The third kappa shape index (κ3) is 3.22. The number of nitrogen functional groups attached to an aromatic ring is 1. The molecule has 0 atom stereocenters. The smallest absolute Gasteiger partial charge is 0.264 e. The van der Waals surface area contributed by atoms with Crippen molar-refractivity contribution in [3.05, 3.63) is 52.8 Å². The lowest BCUT2D eigenvalue weighted by atomic mass is 10.3. The van der Waals surface area contributed by atoms with Gasteiger partial charge in [0.2, 0.25) is 0 Å². The van der Waals surface area contributed by atoms with Crippen molar-refractivity contribution in [2.24, 2.45) is 0 Å². The van der Waals surface area contributed by atoms with Gasteiger partial charge < -0.3 is 5.73 Å². The Hall–Kier alpha value is -1.93. The van der Waals surface area contributed by atoms with Crippen LogP contribution < -0.4 is 10.5 Å². The summed E-state index contributed by atoms with van der Waals surface area (Å²) in [6.45, 7) is 0. The van der Waals surface area contributed by atoms with E-state index in [2.05, 4.69) is 0 Å². The van der Waals surface area contributed by atoms with Crippen molar-refractivity contribution >= 4 is 33.0 Å². The quantitative estimate of drug-likeness (QED) is 0.846. The summed E-state index contributed by atoms with van der Waals surface area (Å²) in [5.41, 5.74) is 4.62. The van der Waals surface area contributed by atoms with Crippen LogP contribution >= 0.6 is 11.6 Å². The van der Waals surface area contributed by atoms with Crippen LogP contribution in [0.3, 0.4) is 0 Å². The minimum absolute atomic E-state index is 0.0799. The minimum atomic E-state index is -4.37. The van der Waals surface area contributed by atoms with Crippen LogP contribution in [0.4, 0.5) is 24.5 Å². The Morgan fingerprint density at radius 3 is 2.29 bits per heavy atom. The van der Waals surface area contributed by atoms with E-state index in [0.29, 0.717) is 12.1 Å². The number of sulfonamides is 1. The number of halogens is 4. The van der Waals surface area contributed by atoms with Crippen LogP contribution in [0.1, 0.15) is 0 Å². The van der Waals surface area contributed by atoms with Crippen LogP contribution in [0.25, 0.3) is 0 Å². The van der Waals surface area contributed by atoms with Gasteiger partial charge in [0.15, 0.2) is 0 Å². The van der Waals surface area contributed by atoms with Crippen LogP contribution in [0, 0.1) is 17.5 Å². The van der Waals surface area contributed by atoms with Crippen molar-refractivity contribution < 1.29 is 21.6 Å². The Labute approximate surface area is 123 Å². The summed E-state index contributed by atoms with van der Waals surface area (Å²) >= 11 is 5.51. The van der Waals surface area contributed by atoms with Crippen LogP contribution in [-0.2, 0) is 10.0 Å². The fraction of sp³-hybridized carbons (Fsp3) is 0. The van der Waals surface area contributed by atoms with Gasteiger partial charge in [-0.2, -0.15) is 0 Å². The molecule has 4 nitrogen and oxygen atoms in total. The van der Waals surface area contributed by atoms with Crippen molar-refractivity contribution in [2.45, 2.75) is 4.90 Å². The molecule has 0 amide bonds. The lowest BCUT2D eigenvalue weighted by molar-refractivity contribution is 0.553. The predicted molar refractivity (Wildman–Crippen MR) is 73.0 cm³/mol. The summed E-state index contributed by atoms with van der Waals surface area (Å²) in [5.74, 6) is -3.12. The molecule has 0 fully saturated rings. The fourth-order valence-electron chi connectivity index (χ4n) is 1.52. The number of hydrogen-bond acceptors (Lipinski definition) is 3. The molecule has 0 unspecified atom stereocenters. The van der Waals surface area contributed by atoms with E-state index in [9.17, 15) is 21.6 Å². The highest BCUT2D eigenvalue weighted by molar-refractivity contribution is 7.92. The summed E-state index contributed by atoms with van der Waals surface area (Å²) in [7, 11) is -4.37. The van der Waals surface area contributed by atoms with Gasteiger partial charge in [0.1, 0.15) is 22.3 Å². The standard InChI is InChI=1S/C12H8ClF3N2O2S/c13-7-3-6(1-2-8(7)14)18-21(19,20)12-5-11(17)9(15)4-10(12)16/h1-5,18H,17H2. The molecule has 0 saturated carbocycles. The normalized spacial score (nSPS) is 11.4. The number of rotatable bonds is 3. The first-order valence-corrected chi connectivity index (χ1v) is 7.29. The topological polar surface area (TPSA) is 72.2 Å². The SMILES string of the molecule is Nc1cc(S(=O)(=O)Nc2ccc(F)c(Cl)c2)c(F)cc1F. The molecule has 3 N–H and O–H groups in total. The molecule has 21 heavy (non-hydrogen) atoms. The van der Waals surface area contributed by atoms with Crippen LogP contribution in [0.15, 0.2) is 35.2 Å². The van der Waals surface area contributed by atoms with Gasteiger partial charge in [-0.3, -0.25) is 4.72 Å². The highest BCUT2D eigenvalue weighted by Gasteiger charge is 2.21. The van der Waals surface area contributed by atoms with Crippen LogP contribution in [-0.4, -0.2) is 8.42 Å². The summed E-state index contributed by atoms with van der Waals surface area (Å²) in [4.78, 5) is -0.832. The van der Waals surface area contributed by atoms with Gasteiger partial charge in [-0.05, 0) is 24.3 Å². The first-order chi connectivity index (χ1) is 9.70. The average Bonchev–Trinajstić information content (AvgIpc) is 2.37. The Morgan fingerprint density at radius 1 is 1.00 bits per heavy atom. The monoisotopic (exact) mass is 336 g/mol. The van der Waals surface area contributed by atoms with Gasteiger partial charge in [0.25, 0.3) is 10.0 Å². The average molecular weight is 337 g/mol. The van der Waals surface area contributed by atoms with E-state index in [0.717, 1.165) is 18.2 Å². The van der Waals surface area contributed by atoms with E-state index in [1.54, 1.807) is 0 Å². The molecule has 112 valence electrons. The van der Waals surface area contributed by atoms with Crippen molar-refractivity contribution in [1.82, 2.24) is 0 Å². The highest BCUT2D eigenvalue weighted by atomic mass is 35.5. The van der Waals surface area contributed by atoms with E-state index in [-0.39, 0.29) is 10.7 Å². The zero-order valence-electron chi connectivity index (χ0n) is 10.2. The van der Waals surface area contributed by atoms with E-state index in [1.165, 1.54) is 0 Å². The van der Waals surface area contributed by atoms with Crippen LogP contribution in [0.2, 0.25) is 5.02 Å². The molecule has 0 saturated heterocycles. The van der Waals surface area contributed by atoms with Crippen molar-refractivity contribution in [3.63, 3.8) is 0 Å². The maximum absolute atomic E-state index is 13.6. The molecule has 0 radical (unpaired) electrons. The Morgan fingerprint density at radius 2 is 1.67 bits per heavy atom. The maximum atomic E-state index is 13.6. The summed E-state index contributed by atoms with van der Waals surface area (Å²) in [6.07, 6.45) is 0. The van der Waals surface area contributed by atoms with E-state index >= 15 is 0 Å². The lowest BCUT2D eigenvalue weighted by Gasteiger charge is -2.10. The molecule has 0 heterocycles.